The molecule has 0 amide bonds. The summed E-state index contributed by atoms with van der Waals surface area (Å²) < 4.78 is 98.6. The van der Waals surface area contributed by atoms with Crippen LogP contribution in [0.15, 0.2) is 340 Å². The van der Waals surface area contributed by atoms with Crippen LogP contribution in [0.5, 0.6) is 0 Å². The maximum Gasteiger partial charge on any atom is 0.417 e. The molecular weight excluding hydrogens is 1530 g/mol. The molecule has 19 rings (SSSR count). The van der Waals surface area contributed by atoms with Gasteiger partial charge in [-0.2, -0.15) is 31.6 Å². The second-order valence-corrected chi connectivity index (χ2v) is 28.6. The summed E-state index contributed by atoms with van der Waals surface area (Å²) >= 11 is 0. The van der Waals surface area contributed by atoms with Crippen molar-refractivity contribution >= 4 is 44.4 Å². The van der Waals surface area contributed by atoms with Gasteiger partial charge in [0.2, 0.25) is 0 Å². The van der Waals surface area contributed by atoms with E-state index in [1.54, 1.807) is 34.3 Å². The van der Waals surface area contributed by atoms with E-state index >= 15 is 26.3 Å². The normalized spacial score (nSPS) is 11.8. The monoisotopic (exact) mass is 1590 g/mol. The third-order valence-electron chi connectivity index (χ3n) is 21.0. The van der Waals surface area contributed by atoms with Gasteiger partial charge < -0.3 is 9.13 Å². The van der Waals surface area contributed by atoms with Crippen molar-refractivity contribution in [3.8, 4) is 154 Å². The lowest BCUT2D eigenvalue weighted by Gasteiger charge is -2.22. The topological polar surface area (TPSA) is 188 Å². The SMILES string of the molecule is C=C/C(=C\c1c(C)n(-c2cc(C#N)c(-n3c4ccc(-c5nc(-c6ccccc6)nc(-c6ccccc6)n5)cc4c4cc(-c5nc(-c6ccccc6)nc(-c6ccccc6)n5)ccc43)cc2-c2ccc(C(F)(F)F)cc2C(F)(F)F)c2ccc(-c3nc(-c4ccccc4)nc(-c4ccccc4)n3)cc12)c1nc(-c2ccccc2)nc(-c2ccccc2)n1. The molecule has 0 atom stereocenters. The summed E-state index contributed by atoms with van der Waals surface area (Å²) in [6.45, 7) is 6.09. The van der Waals surface area contributed by atoms with Crippen molar-refractivity contribution in [2.75, 3.05) is 0 Å². The Labute approximate surface area is 688 Å². The lowest BCUT2D eigenvalue weighted by molar-refractivity contribution is -0.142. The zero-order chi connectivity index (χ0) is 82.5. The second-order valence-electron chi connectivity index (χ2n) is 28.6. The number of allylic oxidation sites excluding steroid dienone is 2. The maximum absolute atomic E-state index is 16.5. The minimum absolute atomic E-state index is 0.0155. The molecule has 578 valence electrons. The molecule has 0 spiro atoms. The second kappa shape index (κ2) is 31.1. The number of aromatic nitrogens is 14. The van der Waals surface area contributed by atoms with Crippen molar-refractivity contribution in [2.45, 2.75) is 19.3 Å². The first-order valence-electron chi connectivity index (χ1n) is 38.5. The molecule has 6 heterocycles. The average molecular weight is 1590 g/mol. The molecule has 21 heteroatoms. The zero-order valence-electron chi connectivity index (χ0n) is 64.0. The van der Waals surface area contributed by atoms with Gasteiger partial charge in [0, 0.05) is 99.8 Å². The van der Waals surface area contributed by atoms with Crippen molar-refractivity contribution in [3.63, 3.8) is 0 Å². The van der Waals surface area contributed by atoms with Crippen molar-refractivity contribution in [3.05, 3.63) is 374 Å². The molecule has 0 saturated carbocycles. The summed E-state index contributed by atoms with van der Waals surface area (Å²) in [5, 5.41) is 13.7. The molecule has 121 heavy (non-hydrogen) atoms. The van der Waals surface area contributed by atoms with E-state index in [1.807, 2.05) is 291 Å². The van der Waals surface area contributed by atoms with E-state index in [0.717, 1.165) is 28.3 Å². The fourth-order valence-corrected chi connectivity index (χ4v) is 15.2. The summed E-state index contributed by atoms with van der Waals surface area (Å²) in [5.41, 5.74) is 5.83. The summed E-state index contributed by atoms with van der Waals surface area (Å²) in [6.07, 6.45) is -7.20. The van der Waals surface area contributed by atoms with E-state index in [9.17, 15) is 5.26 Å². The number of hydrogen-bond acceptors (Lipinski definition) is 13. The van der Waals surface area contributed by atoms with Gasteiger partial charge in [-0.15, -0.1) is 0 Å². The van der Waals surface area contributed by atoms with Crippen LogP contribution < -0.4 is 0 Å². The standard InChI is InChI=1S/C100H61F6N15/c1-3-61(87-108-88(62-28-12-4-13-29-62)110-89(109-87)63-30-14-5-15-31-63)52-76-60(2)120(82-49-44-70(53-77(76)82)96-114-90(64-32-16-6-17-33-64)111-91(115-96)65-34-18-7-19-35-65)86-56-73(59-107)85(58-80(86)75-48-47-74(99(101,102)103)57-81(75)100(104,105)106)121-83-50-45-71(97-116-92(66-36-20-8-21-37-66)112-93(117-97)67-38-22-9-23-39-67)54-78(83)79-55-72(46-51-84(79)121)98-118-94(68-40-24-10-25-41-68)113-95(119-98)69-42-26-11-27-43-69/h3-58H,1H2,2H3/b61-52+. The Bertz CT molecular complexity index is 6890. The first kappa shape index (κ1) is 74.9. The molecule has 6 aromatic heterocycles. The van der Waals surface area contributed by atoms with Gasteiger partial charge in [0.05, 0.1) is 44.6 Å². The van der Waals surface area contributed by atoms with Crippen LogP contribution in [0.1, 0.15) is 33.8 Å². The zero-order valence-corrected chi connectivity index (χ0v) is 64.0. The largest absolute Gasteiger partial charge is 0.417 e. The highest BCUT2D eigenvalue weighted by molar-refractivity contribution is 6.12. The Balaban J connectivity index is 0.890. The van der Waals surface area contributed by atoms with Crippen LogP contribution in [0.2, 0.25) is 0 Å². The minimum atomic E-state index is -5.41. The van der Waals surface area contributed by atoms with Gasteiger partial charge in [0.1, 0.15) is 6.07 Å². The van der Waals surface area contributed by atoms with E-state index in [4.69, 9.17) is 59.8 Å². The van der Waals surface area contributed by atoms with Crippen molar-refractivity contribution < 1.29 is 26.3 Å². The number of nitrogens with zero attached hydrogens (tertiary/aromatic N) is 15. The Morgan fingerprint density at radius 2 is 0.620 bits per heavy atom. The lowest BCUT2D eigenvalue weighted by Crippen LogP contribution is -2.13. The highest BCUT2D eigenvalue weighted by Crippen LogP contribution is 2.48. The van der Waals surface area contributed by atoms with Crippen LogP contribution in [0, 0.1) is 18.3 Å². The van der Waals surface area contributed by atoms with Crippen molar-refractivity contribution in [1.29, 1.82) is 5.26 Å². The number of fused-ring (bicyclic) bond motifs is 4. The van der Waals surface area contributed by atoms with E-state index in [-0.39, 0.29) is 40.2 Å². The first-order valence-corrected chi connectivity index (χ1v) is 38.5. The fraction of sp³-hybridized carbons (Fsp3) is 0.0300. The molecular formula is C100H61F6N15. The van der Waals surface area contributed by atoms with E-state index in [2.05, 4.69) is 12.6 Å². The van der Waals surface area contributed by atoms with Gasteiger partial charge in [-0.3, -0.25) is 0 Å². The van der Waals surface area contributed by atoms with E-state index < -0.39 is 29.0 Å². The molecule has 13 aromatic carbocycles. The fourth-order valence-electron chi connectivity index (χ4n) is 15.2. The number of halogens is 6. The average Bonchev–Trinajstić information content (AvgIpc) is 1.58. The van der Waals surface area contributed by atoms with Gasteiger partial charge in [0.15, 0.2) is 69.9 Å². The molecule has 0 radical (unpaired) electrons. The highest BCUT2D eigenvalue weighted by atomic mass is 19.4. The molecule has 0 saturated heterocycles. The summed E-state index contributed by atoms with van der Waals surface area (Å²) in [7, 11) is 0. The number of hydrogen-bond donors (Lipinski definition) is 0. The Morgan fingerprint density at radius 1 is 0.314 bits per heavy atom. The molecule has 0 unspecified atom stereocenters. The number of rotatable bonds is 17. The summed E-state index contributed by atoms with van der Waals surface area (Å²) in [4.78, 5) is 60.7. The van der Waals surface area contributed by atoms with E-state index in [1.165, 1.54) is 12.1 Å². The molecule has 0 aliphatic carbocycles. The molecule has 0 bridgehead atoms. The predicted molar refractivity (Wildman–Crippen MR) is 460 cm³/mol. The smallest absolute Gasteiger partial charge is 0.313 e. The van der Waals surface area contributed by atoms with Crippen molar-refractivity contribution in [2.24, 2.45) is 0 Å². The van der Waals surface area contributed by atoms with Crippen LogP contribution in [-0.4, -0.2) is 68.9 Å². The Kier molecular flexibility index (Phi) is 19.2. The minimum Gasteiger partial charge on any atom is -0.313 e. The Hall–Kier alpha value is -16.2. The quantitative estimate of drug-likeness (QED) is 0.0619. The predicted octanol–water partition coefficient (Wildman–Crippen LogP) is 24.4. The summed E-state index contributed by atoms with van der Waals surface area (Å²) in [6, 6.07) is 99.2. The highest BCUT2D eigenvalue weighted by Gasteiger charge is 2.40. The van der Waals surface area contributed by atoms with Gasteiger partial charge in [-0.25, -0.2) is 59.8 Å². The van der Waals surface area contributed by atoms with Crippen LogP contribution in [-0.2, 0) is 12.4 Å². The molecule has 0 aliphatic heterocycles. The number of alkyl halides is 6. The van der Waals surface area contributed by atoms with Crippen LogP contribution >= 0.6 is 0 Å². The molecule has 19 aromatic rings. The maximum atomic E-state index is 16.5. The number of benzene rings is 13. The molecule has 0 aliphatic rings. The summed E-state index contributed by atoms with van der Waals surface area (Å²) in [5.74, 6) is 4.10. The van der Waals surface area contributed by atoms with Gasteiger partial charge in [-0.05, 0) is 97.4 Å². The van der Waals surface area contributed by atoms with Crippen molar-refractivity contribution in [1.82, 2.24) is 68.9 Å². The molecule has 0 N–H and O–H groups in total. The Morgan fingerprint density at radius 3 is 0.926 bits per heavy atom. The lowest BCUT2D eigenvalue weighted by atomic mass is 9.93. The van der Waals surface area contributed by atoms with Crippen LogP contribution in [0.4, 0.5) is 26.3 Å². The molecule has 15 nitrogen and oxygen atoms in total. The van der Waals surface area contributed by atoms with E-state index in [0.29, 0.717) is 153 Å². The van der Waals surface area contributed by atoms with Crippen LogP contribution in [0.25, 0.3) is 192 Å². The first-order chi connectivity index (χ1) is 59.0. The third kappa shape index (κ3) is 14.6. The third-order valence-corrected chi connectivity index (χ3v) is 21.0. The van der Waals surface area contributed by atoms with Crippen LogP contribution in [0.3, 0.4) is 0 Å². The number of nitriles is 1. The molecule has 0 fully saturated rings. The van der Waals surface area contributed by atoms with Gasteiger partial charge in [0.25, 0.3) is 0 Å². The van der Waals surface area contributed by atoms with Gasteiger partial charge in [-0.1, -0.05) is 261 Å². The van der Waals surface area contributed by atoms with Gasteiger partial charge >= 0.3 is 12.4 Å².